The summed E-state index contributed by atoms with van der Waals surface area (Å²) in [5, 5.41) is 12.0. The molecule has 8 heteroatoms. The van der Waals surface area contributed by atoms with Crippen molar-refractivity contribution in [3.8, 4) is 0 Å². The highest BCUT2D eigenvalue weighted by molar-refractivity contribution is 6.08. The normalized spacial score (nSPS) is 14.8. The molecule has 0 radical (unpaired) electrons. The number of anilines is 2. The number of likely N-dealkylation sites (N-methyl/N-ethyl adjacent to an activating group) is 1. The lowest BCUT2D eigenvalue weighted by molar-refractivity contribution is -0.137. The fourth-order valence-electron chi connectivity index (χ4n) is 4.54. The molecule has 1 aliphatic rings. The summed E-state index contributed by atoms with van der Waals surface area (Å²) in [6.07, 6.45) is 1.05. The van der Waals surface area contributed by atoms with E-state index < -0.39 is 0 Å². The van der Waals surface area contributed by atoms with E-state index in [-0.39, 0.29) is 43.6 Å². The Kier molecular flexibility index (Phi) is 8.89. The molecule has 2 N–H and O–H groups in total. The van der Waals surface area contributed by atoms with E-state index >= 15 is 0 Å². The van der Waals surface area contributed by atoms with Crippen LogP contribution < -0.4 is 10.2 Å². The molecule has 1 atom stereocenters. The Balaban J connectivity index is 1.47. The molecular formula is C30H33N3O5. The Bertz CT molecular complexity index is 1290. The van der Waals surface area contributed by atoms with Crippen molar-refractivity contribution in [2.45, 2.75) is 25.9 Å². The van der Waals surface area contributed by atoms with E-state index in [0.29, 0.717) is 36.2 Å². The van der Waals surface area contributed by atoms with Crippen LogP contribution in [0.3, 0.4) is 0 Å². The number of rotatable bonds is 8. The molecule has 0 aromatic heterocycles. The van der Waals surface area contributed by atoms with Gasteiger partial charge in [-0.3, -0.25) is 14.4 Å². The summed E-state index contributed by atoms with van der Waals surface area (Å²) in [5.41, 5.74) is 4.23. The minimum absolute atomic E-state index is 0.0981. The lowest BCUT2D eigenvalue weighted by Gasteiger charge is -2.24. The summed E-state index contributed by atoms with van der Waals surface area (Å²) in [5.74, 6) is -0.548. The zero-order valence-electron chi connectivity index (χ0n) is 21.7. The maximum atomic E-state index is 13.6. The van der Waals surface area contributed by atoms with Crippen LogP contribution >= 0.6 is 0 Å². The molecule has 198 valence electrons. The van der Waals surface area contributed by atoms with Gasteiger partial charge in [-0.05, 0) is 61.7 Å². The number of carbonyl (C=O) groups is 3. The van der Waals surface area contributed by atoms with Crippen LogP contribution in [0.2, 0.25) is 0 Å². The number of benzene rings is 3. The SMILES string of the molecule is Cc1ccccc1C(=O)Nc1ccc(C(=O)N2CCCC(OCC(=O)N(C)CCO)c3ccccc32)cc1. The van der Waals surface area contributed by atoms with Crippen LogP contribution in [0, 0.1) is 6.92 Å². The van der Waals surface area contributed by atoms with Gasteiger partial charge in [-0.1, -0.05) is 36.4 Å². The highest BCUT2D eigenvalue weighted by Gasteiger charge is 2.28. The molecule has 0 saturated carbocycles. The number of amides is 3. The summed E-state index contributed by atoms with van der Waals surface area (Å²) in [6, 6.07) is 21.9. The quantitative estimate of drug-likeness (QED) is 0.469. The molecule has 0 saturated heterocycles. The van der Waals surface area contributed by atoms with E-state index in [0.717, 1.165) is 16.8 Å². The smallest absolute Gasteiger partial charge is 0.258 e. The van der Waals surface area contributed by atoms with Crippen LogP contribution in [0.4, 0.5) is 11.4 Å². The van der Waals surface area contributed by atoms with Gasteiger partial charge in [-0.2, -0.15) is 0 Å². The van der Waals surface area contributed by atoms with E-state index in [1.807, 2.05) is 49.4 Å². The van der Waals surface area contributed by atoms with Gasteiger partial charge in [-0.15, -0.1) is 0 Å². The lowest BCUT2D eigenvalue weighted by atomic mass is 10.0. The first-order valence-corrected chi connectivity index (χ1v) is 12.7. The largest absolute Gasteiger partial charge is 0.395 e. The molecule has 0 aliphatic carbocycles. The van der Waals surface area contributed by atoms with E-state index in [1.165, 1.54) is 4.90 Å². The summed E-state index contributed by atoms with van der Waals surface area (Å²) in [7, 11) is 1.63. The summed E-state index contributed by atoms with van der Waals surface area (Å²) in [6.45, 7) is 2.45. The summed E-state index contributed by atoms with van der Waals surface area (Å²) < 4.78 is 6.00. The second-order valence-electron chi connectivity index (χ2n) is 9.34. The molecule has 3 amide bonds. The lowest BCUT2D eigenvalue weighted by Crippen LogP contribution is -2.33. The molecule has 0 bridgehead atoms. The average molecular weight is 516 g/mol. The van der Waals surface area contributed by atoms with Gasteiger partial charge in [0.15, 0.2) is 0 Å². The van der Waals surface area contributed by atoms with Gasteiger partial charge in [0.05, 0.1) is 12.7 Å². The first kappa shape index (κ1) is 27.0. The van der Waals surface area contributed by atoms with Crippen molar-refractivity contribution in [2.24, 2.45) is 0 Å². The Morgan fingerprint density at radius 1 is 1.03 bits per heavy atom. The monoisotopic (exact) mass is 515 g/mol. The topological polar surface area (TPSA) is 99.2 Å². The van der Waals surface area contributed by atoms with Crippen LogP contribution in [0.15, 0.2) is 72.8 Å². The molecule has 1 aliphatic heterocycles. The Hall–Kier alpha value is -4.01. The van der Waals surface area contributed by atoms with Gasteiger partial charge < -0.3 is 25.0 Å². The average Bonchev–Trinajstić information content (AvgIpc) is 3.11. The third kappa shape index (κ3) is 6.27. The number of aliphatic hydroxyl groups is 1. The highest BCUT2D eigenvalue weighted by atomic mass is 16.5. The molecule has 0 fully saturated rings. The Morgan fingerprint density at radius 3 is 2.47 bits per heavy atom. The van der Waals surface area contributed by atoms with Crippen LogP contribution in [0.1, 0.15) is 50.8 Å². The molecule has 8 nitrogen and oxygen atoms in total. The maximum absolute atomic E-state index is 13.6. The first-order valence-electron chi connectivity index (χ1n) is 12.7. The molecular weight excluding hydrogens is 482 g/mol. The fourth-order valence-corrected chi connectivity index (χ4v) is 4.54. The third-order valence-corrected chi connectivity index (χ3v) is 6.72. The molecule has 1 unspecified atom stereocenters. The van der Waals surface area contributed by atoms with Gasteiger partial charge in [0.1, 0.15) is 6.61 Å². The number of fused-ring (bicyclic) bond motifs is 1. The first-order chi connectivity index (χ1) is 18.4. The van der Waals surface area contributed by atoms with Crippen LogP contribution in [-0.4, -0.2) is 61.1 Å². The number of hydrogen-bond donors (Lipinski definition) is 2. The van der Waals surface area contributed by atoms with Crippen LogP contribution in [0.5, 0.6) is 0 Å². The minimum atomic E-state index is -0.325. The third-order valence-electron chi connectivity index (χ3n) is 6.72. The van der Waals surface area contributed by atoms with Gasteiger partial charge >= 0.3 is 0 Å². The van der Waals surface area contributed by atoms with Crippen molar-refractivity contribution >= 4 is 29.1 Å². The zero-order valence-corrected chi connectivity index (χ0v) is 21.7. The summed E-state index contributed by atoms with van der Waals surface area (Å²) in [4.78, 5) is 41.7. The number of para-hydroxylation sites is 1. The van der Waals surface area contributed by atoms with Crippen molar-refractivity contribution in [1.82, 2.24) is 4.90 Å². The van der Waals surface area contributed by atoms with Crippen molar-refractivity contribution in [2.75, 3.05) is 43.6 Å². The molecule has 3 aromatic rings. The Labute approximate surface area is 222 Å². The number of aryl methyl sites for hydroxylation is 1. The number of carbonyl (C=O) groups excluding carboxylic acids is 3. The van der Waals surface area contributed by atoms with E-state index in [4.69, 9.17) is 9.84 Å². The van der Waals surface area contributed by atoms with Gasteiger partial charge in [0.2, 0.25) is 5.91 Å². The molecule has 4 rings (SSSR count). The number of nitrogens with zero attached hydrogens (tertiary/aromatic N) is 2. The van der Waals surface area contributed by atoms with Crippen LogP contribution in [-0.2, 0) is 9.53 Å². The fraction of sp³-hybridized carbons (Fsp3) is 0.300. The standard InChI is InChI=1S/C30H33N3O5/c1-21-8-3-4-9-24(21)29(36)31-23-15-13-22(14-16-23)30(37)33-17-7-12-27(25-10-5-6-11-26(25)33)38-20-28(35)32(2)18-19-34/h3-6,8-11,13-16,27,34H,7,12,17-20H2,1-2H3,(H,31,36). The second kappa shape index (κ2) is 12.5. The van der Waals surface area contributed by atoms with E-state index in [2.05, 4.69) is 5.32 Å². The van der Waals surface area contributed by atoms with Gasteiger partial charge in [-0.25, -0.2) is 0 Å². The summed E-state index contributed by atoms with van der Waals surface area (Å²) >= 11 is 0. The van der Waals surface area contributed by atoms with Crippen molar-refractivity contribution < 1.29 is 24.2 Å². The molecule has 3 aromatic carbocycles. The van der Waals surface area contributed by atoms with Crippen molar-refractivity contribution in [1.29, 1.82) is 0 Å². The second-order valence-corrected chi connectivity index (χ2v) is 9.34. The number of aliphatic hydroxyl groups excluding tert-OH is 1. The minimum Gasteiger partial charge on any atom is -0.395 e. The van der Waals surface area contributed by atoms with Crippen molar-refractivity contribution in [3.05, 3.63) is 95.1 Å². The zero-order chi connectivity index (χ0) is 27.1. The van der Waals surface area contributed by atoms with Crippen LogP contribution in [0.25, 0.3) is 0 Å². The highest BCUT2D eigenvalue weighted by Crippen LogP contribution is 2.36. The Morgan fingerprint density at radius 2 is 1.74 bits per heavy atom. The van der Waals surface area contributed by atoms with E-state index in [9.17, 15) is 14.4 Å². The van der Waals surface area contributed by atoms with E-state index in [1.54, 1.807) is 42.3 Å². The van der Waals surface area contributed by atoms with Gasteiger partial charge in [0.25, 0.3) is 11.8 Å². The number of ether oxygens (including phenoxy) is 1. The van der Waals surface area contributed by atoms with Gasteiger partial charge in [0, 0.05) is 48.2 Å². The maximum Gasteiger partial charge on any atom is 0.258 e. The van der Waals surface area contributed by atoms with Crippen molar-refractivity contribution in [3.63, 3.8) is 0 Å². The predicted octanol–water partition coefficient (Wildman–Crippen LogP) is 4.20. The molecule has 1 heterocycles. The molecule has 0 spiro atoms. The number of nitrogens with one attached hydrogen (secondary N) is 1. The predicted molar refractivity (Wildman–Crippen MR) is 146 cm³/mol. The number of hydrogen-bond acceptors (Lipinski definition) is 5. The molecule has 38 heavy (non-hydrogen) atoms.